The lowest BCUT2D eigenvalue weighted by Gasteiger charge is -2.17. The zero-order valence-corrected chi connectivity index (χ0v) is 15.0. The first-order valence-electron chi connectivity index (χ1n) is 9.07. The highest BCUT2D eigenvalue weighted by molar-refractivity contribution is 5.99. The van der Waals surface area contributed by atoms with Crippen LogP contribution in [-0.4, -0.2) is 5.91 Å². The second kappa shape index (κ2) is 7.98. The minimum absolute atomic E-state index is 0.0419. The molecule has 2 heteroatoms. The van der Waals surface area contributed by atoms with Crippen molar-refractivity contribution >= 4 is 22.4 Å². The average Bonchev–Trinajstić information content (AvgIpc) is 2.66. The van der Waals surface area contributed by atoms with Gasteiger partial charge in [0.15, 0.2) is 0 Å². The summed E-state index contributed by atoms with van der Waals surface area (Å²) in [6, 6.07) is 22.5. The van der Waals surface area contributed by atoms with Crippen LogP contribution in [0.3, 0.4) is 0 Å². The van der Waals surface area contributed by atoms with Crippen molar-refractivity contribution in [3.8, 4) is 0 Å². The molecule has 2 nitrogen and oxygen atoms in total. The van der Waals surface area contributed by atoms with Crippen LogP contribution in [0, 0.1) is 0 Å². The van der Waals surface area contributed by atoms with Crippen LogP contribution in [0.25, 0.3) is 10.8 Å². The Bertz CT molecular complexity index is 863. The summed E-state index contributed by atoms with van der Waals surface area (Å²) in [5, 5.41) is 5.46. The van der Waals surface area contributed by atoms with Crippen molar-refractivity contribution in [1.82, 2.24) is 0 Å². The molecule has 1 N–H and O–H groups in total. The Balaban J connectivity index is 1.84. The van der Waals surface area contributed by atoms with E-state index >= 15 is 0 Å². The number of aryl methyl sites for hydroxylation is 1. The summed E-state index contributed by atoms with van der Waals surface area (Å²) in [6.07, 6.45) is 3.27. The quantitative estimate of drug-likeness (QED) is 0.596. The highest BCUT2D eigenvalue weighted by Crippen LogP contribution is 2.27. The first-order valence-corrected chi connectivity index (χ1v) is 9.07. The Labute approximate surface area is 149 Å². The first-order chi connectivity index (χ1) is 12.2. The van der Waals surface area contributed by atoms with Gasteiger partial charge < -0.3 is 5.32 Å². The zero-order valence-electron chi connectivity index (χ0n) is 15.0. The molecule has 128 valence electrons. The van der Waals surface area contributed by atoms with E-state index in [0.717, 1.165) is 35.9 Å². The number of fused-ring (bicyclic) bond motifs is 1. The summed E-state index contributed by atoms with van der Waals surface area (Å²) < 4.78 is 0. The Morgan fingerprint density at radius 3 is 2.52 bits per heavy atom. The van der Waals surface area contributed by atoms with E-state index in [1.807, 2.05) is 43.3 Å². The van der Waals surface area contributed by atoms with E-state index in [0.29, 0.717) is 0 Å². The lowest BCUT2D eigenvalue weighted by atomic mass is 9.94. The molecule has 0 aliphatic carbocycles. The van der Waals surface area contributed by atoms with E-state index in [4.69, 9.17) is 0 Å². The number of anilines is 1. The fraction of sp³-hybridized carbons (Fsp3) is 0.261. The predicted molar refractivity (Wildman–Crippen MR) is 106 cm³/mol. The molecule has 0 saturated carbocycles. The molecule has 0 aliphatic rings. The molecule has 0 saturated heterocycles. The minimum Gasteiger partial charge on any atom is -0.325 e. The maximum absolute atomic E-state index is 12.9. The number of nitrogens with one attached hydrogen (secondary N) is 1. The second-order valence-electron chi connectivity index (χ2n) is 6.54. The molecule has 0 bridgehead atoms. The van der Waals surface area contributed by atoms with E-state index in [-0.39, 0.29) is 11.8 Å². The summed E-state index contributed by atoms with van der Waals surface area (Å²) in [6.45, 7) is 4.16. The van der Waals surface area contributed by atoms with Gasteiger partial charge in [0, 0.05) is 5.69 Å². The molecule has 0 radical (unpaired) electrons. The summed E-state index contributed by atoms with van der Waals surface area (Å²) in [7, 11) is 0. The molecule has 3 aromatic carbocycles. The molecule has 0 aromatic heterocycles. The zero-order chi connectivity index (χ0) is 17.6. The minimum atomic E-state index is -0.203. The monoisotopic (exact) mass is 331 g/mol. The van der Waals surface area contributed by atoms with Gasteiger partial charge in [-0.05, 0) is 47.7 Å². The van der Waals surface area contributed by atoms with Crippen molar-refractivity contribution in [3.63, 3.8) is 0 Å². The molecule has 1 amide bonds. The van der Waals surface area contributed by atoms with Gasteiger partial charge >= 0.3 is 0 Å². The summed E-state index contributed by atoms with van der Waals surface area (Å²) >= 11 is 0. The predicted octanol–water partition coefficient (Wildman–Crippen LogP) is 5.92. The van der Waals surface area contributed by atoms with Gasteiger partial charge in [0.2, 0.25) is 5.91 Å². The van der Waals surface area contributed by atoms with E-state index in [2.05, 4.69) is 42.6 Å². The van der Waals surface area contributed by atoms with Gasteiger partial charge in [-0.1, -0.05) is 74.0 Å². The maximum Gasteiger partial charge on any atom is 0.231 e. The number of para-hydroxylation sites is 1. The van der Waals surface area contributed by atoms with E-state index in [1.165, 1.54) is 10.9 Å². The third-order valence-electron chi connectivity index (χ3n) is 4.76. The SMILES string of the molecule is CCCCc1ccccc1NC(=O)C(C)c1cccc2ccccc12. The summed E-state index contributed by atoms with van der Waals surface area (Å²) in [4.78, 5) is 12.9. The van der Waals surface area contributed by atoms with Crippen molar-refractivity contribution in [3.05, 3.63) is 77.9 Å². The first kappa shape index (κ1) is 17.2. The smallest absolute Gasteiger partial charge is 0.231 e. The molecule has 1 unspecified atom stereocenters. The van der Waals surface area contributed by atoms with Gasteiger partial charge in [0.05, 0.1) is 5.92 Å². The fourth-order valence-corrected chi connectivity index (χ4v) is 3.24. The van der Waals surface area contributed by atoms with Crippen LogP contribution in [0.2, 0.25) is 0 Å². The van der Waals surface area contributed by atoms with Gasteiger partial charge in [-0.2, -0.15) is 0 Å². The van der Waals surface area contributed by atoms with Crippen molar-refractivity contribution in [1.29, 1.82) is 0 Å². The number of hydrogen-bond acceptors (Lipinski definition) is 1. The number of carbonyl (C=O) groups excluding carboxylic acids is 1. The Morgan fingerprint density at radius 2 is 1.68 bits per heavy atom. The average molecular weight is 331 g/mol. The highest BCUT2D eigenvalue weighted by Gasteiger charge is 2.18. The topological polar surface area (TPSA) is 29.1 Å². The van der Waals surface area contributed by atoms with E-state index in [9.17, 15) is 4.79 Å². The molecule has 0 fully saturated rings. The molecule has 0 aliphatic heterocycles. The van der Waals surface area contributed by atoms with Gasteiger partial charge in [0.1, 0.15) is 0 Å². The van der Waals surface area contributed by atoms with E-state index in [1.54, 1.807) is 0 Å². The van der Waals surface area contributed by atoms with Crippen molar-refractivity contribution in [2.45, 2.75) is 39.0 Å². The number of rotatable bonds is 6. The standard InChI is InChI=1S/C23H25NO/c1-3-4-10-19-12-6-8-16-22(19)24-23(25)17(2)20-15-9-13-18-11-5-7-14-21(18)20/h5-9,11-17H,3-4,10H2,1-2H3,(H,24,25). The molecule has 0 spiro atoms. The maximum atomic E-state index is 12.9. The van der Waals surface area contributed by atoms with Crippen LogP contribution in [0.15, 0.2) is 66.7 Å². The molecule has 3 aromatic rings. The third-order valence-corrected chi connectivity index (χ3v) is 4.76. The summed E-state index contributed by atoms with van der Waals surface area (Å²) in [5.74, 6) is -0.161. The van der Waals surface area contributed by atoms with Crippen LogP contribution >= 0.6 is 0 Å². The second-order valence-corrected chi connectivity index (χ2v) is 6.54. The number of benzene rings is 3. The lowest BCUT2D eigenvalue weighted by molar-refractivity contribution is -0.117. The van der Waals surface area contributed by atoms with Gasteiger partial charge in [-0.3, -0.25) is 4.79 Å². The number of amides is 1. The molecule has 3 rings (SSSR count). The Kier molecular flexibility index (Phi) is 5.49. The molecular formula is C23H25NO. The van der Waals surface area contributed by atoms with Crippen LogP contribution in [0.1, 0.15) is 43.7 Å². The van der Waals surface area contributed by atoms with Crippen LogP contribution < -0.4 is 5.32 Å². The van der Waals surface area contributed by atoms with Gasteiger partial charge in [-0.15, -0.1) is 0 Å². The summed E-state index contributed by atoms with van der Waals surface area (Å²) in [5.41, 5.74) is 3.22. The third kappa shape index (κ3) is 3.90. The van der Waals surface area contributed by atoms with Gasteiger partial charge in [-0.25, -0.2) is 0 Å². The number of carbonyl (C=O) groups is 1. The fourth-order valence-electron chi connectivity index (χ4n) is 3.24. The largest absolute Gasteiger partial charge is 0.325 e. The number of hydrogen-bond donors (Lipinski definition) is 1. The molecule has 25 heavy (non-hydrogen) atoms. The lowest BCUT2D eigenvalue weighted by Crippen LogP contribution is -2.20. The Hall–Kier alpha value is -2.61. The van der Waals surface area contributed by atoms with E-state index < -0.39 is 0 Å². The normalized spacial score (nSPS) is 12.1. The van der Waals surface area contributed by atoms with Crippen molar-refractivity contribution in [2.24, 2.45) is 0 Å². The number of unbranched alkanes of at least 4 members (excludes halogenated alkanes) is 1. The molecular weight excluding hydrogens is 306 g/mol. The van der Waals surface area contributed by atoms with Crippen LogP contribution in [0.5, 0.6) is 0 Å². The van der Waals surface area contributed by atoms with Crippen molar-refractivity contribution in [2.75, 3.05) is 5.32 Å². The Morgan fingerprint density at radius 1 is 0.960 bits per heavy atom. The molecule has 1 atom stereocenters. The highest BCUT2D eigenvalue weighted by atomic mass is 16.1. The van der Waals surface area contributed by atoms with Gasteiger partial charge in [0.25, 0.3) is 0 Å². The van der Waals surface area contributed by atoms with Crippen LogP contribution in [0.4, 0.5) is 5.69 Å². The van der Waals surface area contributed by atoms with Crippen LogP contribution in [-0.2, 0) is 11.2 Å². The molecule has 0 heterocycles. The van der Waals surface area contributed by atoms with Crippen molar-refractivity contribution < 1.29 is 4.79 Å².